The zero-order valence-electron chi connectivity index (χ0n) is 18.8. The molecule has 1 aromatic heterocycles. The fourth-order valence-electron chi connectivity index (χ4n) is 4.06. The summed E-state index contributed by atoms with van der Waals surface area (Å²) in [5, 5.41) is 7.18. The summed E-state index contributed by atoms with van der Waals surface area (Å²) in [5.41, 5.74) is 2.92. The Labute approximate surface area is 200 Å². The van der Waals surface area contributed by atoms with E-state index in [-0.39, 0.29) is 11.5 Å². The van der Waals surface area contributed by atoms with Gasteiger partial charge in [0.2, 0.25) is 0 Å². The minimum Gasteiger partial charge on any atom is -0.385 e. The quantitative estimate of drug-likeness (QED) is 0.182. The van der Waals surface area contributed by atoms with Gasteiger partial charge in [0, 0.05) is 35.1 Å². The number of aromatic nitrogens is 2. The van der Waals surface area contributed by atoms with Gasteiger partial charge in [0.05, 0.1) is 0 Å². The van der Waals surface area contributed by atoms with Gasteiger partial charge in [-0.25, -0.2) is 17.3 Å². The van der Waals surface area contributed by atoms with Crippen LogP contribution in [0.25, 0.3) is 11.1 Å². The highest BCUT2D eigenvalue weighted by Gasteiger charge is 2.17. The summed E-state index contributed by atoms with van der Waals surface area (Å²) in [6.45, 7) is 0.858. The van der Waals surface area contributed by atoms with E-state index in [2.05, 4.69) is 23.2 Å². The molecule has 33 heavy (non-hydrogen) atoms. The minimum atomic E-state index is -2.55. The van der Waals surface area contributed by atoms with Gasteiger partial charge >= 0.3 is 0 Å². The molecule has 0 saturated carbocycles. The van der Waals surface area contributed by atoms with Crippen molar-refractivity contribution in [3.05, 3.63) is 71.8 Å². The first-order valence-electron chi connectivity index (χ1n) is 11.7. The second-order valence-corrected chi connectivity index (χ2v) is 8.70. The standard InChI is InChI=1S/C26H32F3N3S/c27-23-16-10-8-14-21(23)22-15-9-11-17-24(22)30-18-12-6-4-2-1-3-5-7-13-20-19-32(33)31-25(20)26(28)29/h8-11,14-17,19,26,30,33H,1-7,12-13,18H2. The van der Waals surface area contributed by atoms with Crippen molar-refractivity contribution in [2.75, 3.05) is 11.9 Å². The molecule has 0 saturated heterocycles. The summed E-state index contributed by atoms with van der Waals surface area (Å²) in [7, 11) is 0. The molecular weight excluding hydrogens is 443 g/mol. The lowest BCUT2D eigenvalue weighted by Crippen LogP contribution is -2.03. The van der Waals surface area contributed by atoms with Crippen LogP contribution in [0.4, 0.5) is 18.9 Å². The van der Waals surface area contributed by atoms with Crippen LogP contribution in [0.2, 0.25) is 0 Å². The van der Waals surface area contributed by atoms with Crippen molar-refractivity contribution in [3.63, 3.8) is 0 Å². The van der Waals surface area contributed by atoms with E-state index in [1.165, 1.54) is 23.0 Å². The fourth-order valence-corrected chi connectivity index (χ4v) is 4.30. The number of thiol groups is 1. The first-order chi connectivity index (χ1) is 16.1. The van der Waals surface area contributed by atoms with E-state index in [0.29, 0.717) is 17.5 Å². The van der Waals surface area contributed by atoms with Crippen LogP contribution in [-0.2, 0) is 6.42 Å². The van der Waals surface area contributed by atoms with E-state index in [1.807, 2.05) is 30.3 Å². The number of para-hydroxylation sites is 1. The van der Waals surface area contributed by atoms with Crippen molar-refractivity contribution in [2.24, 2.45) is 0 Å². The predicted octanol–water partition coefficient (Wildman–Crippen LogP) is 8.10. The number of hydrogen-bond acceptors (Lipinski definition) is 3. The van der Waals surface area contributed by atoms with Crippen LogP contribution >= 0.6 is 12.8 Å². The number of nitrogens with zero attached hydrogens (tertiary/aromatic N) is 2. The van der Waals surface area contributed by atoms with Gasteiger partial charge in [-0.3, -0.25) is 0 Å². The van der Waals surface area contributed by atoms with Gasteiger partial charge in [-0.15, -0.1) is 0 Å². The predicted molar refractivity (Wildman–Crippen MR) is 133 cm³/mol. The number of rotatable bonds is 14. The highest BCUT2D eigenvalue weighted by molar-refractivity contribution is 7.78. The molecule has 0 bridgehead atoms. The average Bonchev–Trinajstić information content (AvgIpc) is 3.19. The van der Waals surface area contributed by atoms with Crippen molar-refractivity contribution >= 4 is 18.5 Å². The lowest BCUT2D eigenvalue weighted by Gasteiger charge is -2.13. The van der Waals surface area contributed by atoms with E-state index in [4.69, 9.17) is 0 Å². The number of halogens is 3. The molecule has 0 amide bonds. The summed E-state index contributed by atoms with van der Waals surface area (Å²) in [4.78, 5) is 0. The second kappa shape index (κ2) is 13.3. The van der Waals surface area contributed by atoms with Gasteiger partial charge in [0.1, 0.15) is 11.5 Å². The van der Waals surface area contributed by atoms with Crippen LogP contribution in [-0.4, -0.2) is 15.7 Å². The molecule has 0 spiro atoms. The Morgan fingerprint density at radius 2 is 1.42 bits per heavy atom. The second-order valence-electron chi connectivity index (χ2n) is 8.29. The van der Waals surface area contributed by atoms with Crippen molar-refractivity contribution in [1.29, 1.82) is 0 Å². The summed E-state index contributed by atoms with van der Waals surface area (Å²) < 4.78 is 41.2. The molecule has 0 aliphatic heterocycles. The lowest BCUT2D eigenvalue weighted by atomic mass is 10.0. The normalized spacial score (nSPS) is 11.3. The van der Waals surface area contributed by atoms with Crippen molar-refractivity contribution in [3.8, 4) is 11.1 Å². The average molecular weight is 476 g/mol. The molecule has 0 aliphatic carbocycles. The topological polar surface area (TPSA) is 29.9 Å². The molecule has 1 N–H and O–H groups in total. The van der Waals surface area contributed by atoms with E-state index >= 15 is 0 Å². The summed E-state index contributed by atoms with van der Waals surface area (Å²) in [6.07, 6.45) is 8.44. The van der Waals surface area contributed by atoms with E-state index in [9.17, 15) is 13.2 Å². The Balaban J connectivity index is 1.26. The van der Waals surface area contributed by atoms with Crippen molar-refractivity contribution < 1.29 is 13.2 Å². The van der Waals surface area contributed by atoms with Crippen LogP contribution in [0.1, 0.15) is 69.0 Å². The van der Waals surface area contributed by atoms with Crippen LogP contribution in [0.3, 0.4) is 0 Å². The highest BCUT2D eigenvalue weighted by atomic mass is 32.1. The number of nitrogens with one attached hydrogen (secondary N) is 1. The first kappa shape index (κ1) is 25.2. The molecule has 7 heteroatoms. The molecule has 3 nitrogen and oxygen atoms in total. The number of benzene rings is 2. The fraction of sp³-hybridized carbons (Fsp3) is 0.423. The van der Waals surface area contributed by atoms with Crippen LogP contribution < -0.4 is 5.32 Å². The molecule has 0 fully saturated rings. The van der Waals surface area contributed by atoms with Gasteiger partial charge < -0.3 is 5.32 Å². The zero-order valence-corrected chi connectivity index (χ0v) is 19.7. The molecular formula is C26H32F3N3S. The van der Waals surface area contributed by atoms with Gasteiger partial charge in [0.15, 0.2) is 0 Å². The molecule has 0 radical (unpaired) electrons. The number of aryl methyl sites for hydroxylation is 1. The van der Waals surface area contributed by atoms with Gasteiger partial charge in [-0.2, -0.15) is 5.10 Å². The monoisotopic (exact) mass is 475 g/mol. The Kier molecular flexibility index (Phi) is 10.2. The summed E-state index contributed by atoms with van der Waals surface area (Å²) >= 11 is 3.99. The smallest absolute Gasteiger partial charge is 0.282 e. The number of anilines is 1. The van der Waals surface area contributed by atoms with E-state index < -0.39 is 6.43 Å². The Bertz CT molecular complexity index is 990. The van der Waals surface area contributed by atoms with Crippen LogP contribution in [0, 0.1) is 5.82 Å². The minimum absolute atomic E-state index is 0.143. The molecule has 2 aromatic carbocycles. The molecule has 0 unspecified atom stereocenters. The number of alkyl halides is 2. The first-order valence-corrected chi connectivity index (χ1v) is 12.1. The Morgan fingerprint density at radius 3 is 2.12 bits per heavy atom. The van der Waals surface area contributed by atoms with Gasteiger partial charge in [-0.1, -0.05) is 74.9 Å². The van der Waals surface area contributed by atoms with Gasteiger partial charge in [0.25, 0.3) is 6.43 Å². The maximum absolute atomic E-state index is 14.2. The van der Waals surface area contributed by atoms with Crippen LogP contribution in [0.5, 0.6) is 0 Å². The summed E-state index contributed by atoms with van der Waals surface area (Å²) in [5.74, 6) is -0.210. The molecule has 178 valence electrons. The largest absolute Gasteiger partial charge is 0.385 e. The Morgan fingerprint density at radius 1 is 0.818 bits per heavy atom. The third kappa shape index (κ3) is 7.84. The van der Waals surface area contributed by atoms with E-state index in [0.717, 1.165) is 56.3 Å². The third-order valence-corrected chi connectivity index (χ3v) is 6.00. The molecule has 1 heterocycles. The Hall–Kier alpha value is -2.41. The molecule has 0 aliphatic rings. The third-order valence-electron chi connectivity index (χ3n) is 5.80. The van der Waals surface area contributed by atoms with Crippen molar-refractivity contribution in [1.82, 2.24) is 9.19 Å². The van der Waals surface area contributed by atoms with Gasteiger partial charge in [-0.05, 0) is 44.2 Å². The maximum Gasteiger partial charge on any atom is 0.282 e. The maximum atomic E-state index is 14.2. The molecule has 3 rings (SSSR count). The zero-order chi connectivity index (χ0) is 23.5. The summed E-state index contributed by atoms with van der Waals surface area (Å²) in [6, 6.07) is 14.7. The highest BCUT2D eigenvalue weighted by Crippen LogP contribution is 2.30. The lowest BCUT2D eigenvalue weighted by molar-refractivity contribution is 0.144. The number of unbranched alkanes of at least 4 members (excludes halogenated alkanes) is 7. The van der Waals surface area contributed by atoms with E-state index in [1.54, 1.807) is 18.3 Å². The van der Waals surface area contributed by atoms with Crippen molar-refractivity contribution in [2.45, 2.75) is 64.2 Å². The SMILES string of the molecule is Fc1ccccc1-c1ccccc1NCCCCCCCCCCc1cn(S)nc1C(F)F. The molecule has 0 atom stereocenters. The molecule has 3 aromatic rings. The van der Waals surface area contributed by atoms with Crippen LogP contribution in [0.15, 0.2) is 54.7 Å². The number of hydrogen-bond donors (Lipinski definition) is 2.